The molecule has 0 radical (unpaired) electrons. The van der Waals surface area contributed by atoms with Gasteiger partial charge in [0.25, 0.3) is 0 Å². The number of hydrogen-bond donors (Lipinski definition) is 1. The van der Waals surface area contributed by atoms with E-state index in [1.54, 1.807) is 0 Å². The SMILES string of the molecule is CCc1noc(CCC(=O)N2CC[C@H](c3[nH]ncc3C)C2)n1. The molecule has 2 aromatic heterocycles. The predicted molar refractivity (Wildman–Crippen MR) is 79.3 cm³/mol. The minimum Gasteiger partial charge on any atom is -0.342 e. The summed E-state index contributed by atoms with van der Waals surface area (Å²) in [5, 5.41) is 11.0. The van der Waals surface area contributed by atoms with E-state index in [4.69, 9.17) is 4.52 Å². The monoisotopic (exact) mass is 303 g/mol. The molecule has 0 spiro atoms. The van der Waals surface area contributed by atoms with Crippen molar-refractivity contribution in [1.29, 1.82) is 0 Å². The van der Waals surface area contributed by atoms with Crippen LogP contribution in [-0.4, -0.2) is 44.2 Å². The van der Waals surface area contributed by atoms with Gasteiger partial charge in [-0.3, -0.25) is 9.89 Å². The van der Waals surface area contributed by atoms with E-state index >= 15 is 0 Å². The van der Waals surface area contributed by atoms with Gasteiger partial charge in [-0.05, 0) is 18.9 Å². The second-order valence-corrected chi connectivity index (χ2v) is 5.75. The third-order valence-corrected chi connectivity index (χ3v) is 4.20. The number of aromatic nitrogens is 4. The Morgan fingerprint density at radius 3 is 3.09 bits per heavy atom. The normalized spacial score (nSPS) is 18.1. The van der Waals surface area contributed by atoms with Gasteiger partial charge in [0.2, 0.25) is 11.8 Å². The number of aromatic amines is 1. The van der Waals surface area contributed by atoms with Crippen molar-refractivity contribution in [3.63, 3.8) is 0 Å². The lowest BCUT2D eigenvalue weighted by molar-refractivity contribution is -0.130. The minimum atomic E-state index is 0.149. The van der Waals surface area contributed by atoms with Crippen molar-refractivity contribution in [3.8, 4) is 0 Å². The molecule has 22 heavy (non-hydrogen) atoms. The Kier molecular flexibility index (Phi) is 4.22. The Morgan fingerprint density at radius 2 is 2.41 bits per heavy atom. The zero-order valence-electron chi connectivity index (χ0n) is 13.0. The highest BCUT2D eigenvalue weighted by Gasteiger charge is 2.29. The first-order valence-corrected chi connectivity index (χ1v) is 7.76. The molecule has 0 aliphatic carbocycles. The number of hydrogen-bond acceptors (Lipinski definition) is 5. The molecule has 3 heterocycles. The Balaban J connectivity index is 1.52. The van der Waals surface area contributed by atoms with Crippen LogP contribution in [0.5, 0.6) is 0 Å². The van der Waals surface area contributed by atoms with Gasteiger partial charge in [-0.15, -0.1) is 0 Å². The Morgan fingerprint density at radius 1 is 1.55 bits per heavy atom. The molecule has 0 unspecified atom stereocenters. The van der Waals surface area contributed by atoms with Crippen molar-refractivity contribution in [2.45, 2.75) is 45.4 Å². The zero-order valence-corrected chi connectivity index (χ0v) is 13.0. The topological polar surface area (TPSA) is 87.9 Å². The number of carbonyl (C=O) groups is 1. The molecule has 0 saturated carbocycles. The summed E-state index contributed by atoms with van der Waals surface area (Å²) in [6, 6.07) is 0. The molecule has 1 fully saturated rings. The van der Waals surface area contributed by atoms with E-state index in [9.17, 15) is 4.79 Å². The van der Waals surface area contributed by atoms with Crippen LogP contribution in [0.15, 0.2) is 10.7 Å². The summed E-state index contributed by atoms with van der Waals surface area (Å²) in [6.45, 7) is 5.57. The summed E-state index contributed by atoms with van der Waals surface area (Å²) in [4.78, 5) is 18.5. The second kappa shape index (κ2) is 6.29. The van der Waals surface area contributed by atoms with Crippen molar-refractivity contribution >= 4 is 5.91 Å². The summed E-state index contributed by atoms with van der Waals surface area (Å²) >= 11 is 0. The van der Waals surface area contributed by atoms with Gasteiger partial charge in [-0.1, -0.05) is 12.1 Å². The van der Waals surface area contributed by atoms with Crippen LogP contribution < -0.4 is 0 Å². The van der Waals surface area contributed by atoms with E-state index in [2.05, 4.69) is 20.3 Å². The largest absolute Gasteiger partial charge is 0.342 e. The first-order valence-electron chi connectivity index (χ1n) is 7.76. The molecule has 1 aliphatic rings. The molecule has 1 aliphatic heterocycles. The van der Waals surface area contributed by atoms with Gasteiger partial charge in [-0.25, -0.2) is 0 Å². The third-order valence-electron chi connectivity index (χ3n) is 4.20. The highest BCUT2D eigenvalue weighted by Crippen LogP contribution is 2.28. The fourth-order valence-electron chi connectivity index (χ4n) is 2.90. The van der Waals surface area contributed by atoms with Gasteiger partial charge in [0.1, 0.15) is 0 Å². The van der Waals surface area contributed by atoms with Crippen LogP contribution in [-0.2, 0) is 17.6 Å². The van der Waals surface area contributed by atoms with E-state index in [1.807, 2.05) is 24.9 Å². The molecule has 2 aromatic rings. The Labute approximate surface area is 129 Å². The van der Waals surface area contributed by atoms with Crippen molar-refractivity contribution in [2.24, 2.45) is 0 Å². The summed E-state index contributed by atoms with van der Waals surface area (Å²) in [5.74, 6) is 1.75. The van der Waals surface area contributed by atoms with Crippen LogP contribution in [0.4, 0.5) is 0 Å². The molecule has 0 bridgehead atoms. The van der Waals surface area contributed by atoms with Gasteiger partial charge in [0.05, 0.1) is 6.20 Å². The van der Waals surface area contributed by atoms with Crippen molar-refractivity contribution < 1.29 is 9.32 Å². The van der Waals surface area contributed by atoms with Crippen LogP contribution in [0.2, 0.25) is 0 Å². The van der Waals surface area contributed by atoms with Crippen molar-refractivity contribution in [3.05, 3.63) is 29.2 Å². The molecule has 118 valence electrons. The number of likely N-dealkylation sites (tertiary alicyclic amines) is 1. The Bertz CT molecular complexity index is 648. The number of amides is 1. The van der Waals surface area contributed by atoms with E-state index in [1.165, 1.54) is 0 Å². The summed E-state index contributed by atoms with van der Waals surface area (Å²) in [6.07, 6.45) is 4.49. The maximum absolute atomic E-state index is 12.3. The molecule has 3 rings (SSSR count). The standard InChI is InChI=1S/C15H21N5O2/c1-3-12-17-13(22-19-12)4-5-14(21)20-7-6-11(9-20)15-10(2)8-16-18-15/h8,11H,3-7,9H2,1-2H3,(H,16,18)/t11-/m0/s1. The molecule has 1 saturated heterocycles. The molecule has 7 heteroatoms. The van der Waals surface area contributed by atoms with Crippen LogP contribution in [0, 0.1) is 6.92 Å². The van der Waals surface area contributed by atoms with Crippen molar-refractivity contribution in [1.82, 2.24) is 25.2 Å². The van der Waals surface area contributed by atoms with Gasteiger partial charge in [-0.2, -0.15) is 10.1 Å². The third kappa shape index (κ3) is 3.03. The summed E-state index contributed by atoms with van der Waals surface area (Å²) in [5.41, 5.74) is 2.32. The number of carbonyl (C=O) groups excluding carboxylic acids is 1. The smallest absolute Gasteiger partial charge is 0.227 e. The quantitative estimate of drug-likeness (QED) is 0.906. The van der Waals surface area contributed by atoms with E-state index in [0.717, 1.165) is 37.2 Å². The van der Waals surface area contributed by atoms with E-state index in [0.29, 0.717) is 30.5 Å². The van der Waals surface area contributed by atoms with Crippen LogP contribution in [0.1, 0.15) is 48.7 Å². The van der Waals surface area contributed by atoms with Crippen LogP contribution >= 0.6 is 0 Å². The fraction of sp³-hybridized carbons (Fsp3) is 0.600. The van der Waals surface area contributed by atoms with Crippen LogP contribution in [0.3, 0.4) is 0 Å². The summed E-state index contributed by atoms with van der Waals surface area (Å²) < 4.78 is 5.12. The molecule has 1 N–H and O–H groups in total. The molecule has 0 aromatic carbocycles. The Hall–Kier alpha value is -2.18. The first kappa shape index (κ1) is 14.7. The number of nitrogens with zero attached hydrogens (tertiary/aromatic N) is 4. The lowest BCUT2D eigenvalue weighted by atomic mass is 10.0. The molecule has 1 atom stereocenters. The van der Waals surface area contributed by atoms with E-state index in [-0.39, 0.29) is 5.91 Å². The zero-order chi connectivity index (χ0) is 15.5. The lowest BCUT2D eigenvalue weighted by Crippen LogP contribution is -2.28. The van der Waals surface area contributed by atoms with Gasteiger partial charge < -0.3 is 9.42 Å². The first-order chi connectivity index (χ1) is 10.7. The maximum Gasteiger partial charge on any atom is 0.227 e. The molecular weight excluding hydrogens is 282 g/mol. The van der Waals surface area contributed by atoms with Crippen molar-refractivity contribution in [2.75, 3.05) is 13.1 Å². The second-order valence-electron chi connectivity index (χ2n) is 5.75. The van der Waals surface area contributed by atoms with Gasteiger partial charge in [0, 0.05) is 44.0 Å². The predicted octanol–water partition coefficient (Wildman–Crippen LogP) is 1.61. The van der Waals surface area contributed by atoms with Gasteiger partial charge >= 0.3 is 0 Å². The number of rotatable bonds is 5. The fourth-order valence-corrected chi connectivity index (χ4v) is 2.90. The lowest BCUT2D eigenvalue weighted by Gasteiger charge is -2.16. The summed E-state index contributed by atoms with van der Waals surface area (Å²) in [7, 11) is 0. The number of nitrogens with one attached hydrogen (secondary N) is 1. The average molecular weight is 303 g/mol. The van der Waals surface area contributed by atoms with E-state index < -0.39 is 0 Å². The molecule has 1 amide bonds. The molecular formula is C15H21N5O2. The maximum atomic E-state index is 12.3. The van der Waals surface area contributed by atoms with Crippen LogP contribution in [0.25, 0.3) is 0 Å². The number of aryl methyl sites for hydroxylation is 3. The highest BCUT2D eigenvalue weighted by molar-refractivity contribution is 5.76. The number of H-pyrrole nitrogens is 1. The average Bonchev–Trinajstić information content (AvgIpc) is 3.24. The molecule has 7 nitrogen and oxygen atoms in total. The highest BCUT2D eigenvalue weighted by atomic mass is 16.5. The van der Waals surface area contributed by atoms with Gasteiger partial charge in [0.15, 0.2) is 5.82 Å². The minimum absolute atomic E-state index is 0.149.